The molecule has 1 aromatic rings. The standard InChI is InChI=1S/C18H26N2O/c1-19-5-3-4-16(19)12-20(2)17(21)18-9-13-6-14(10-18)8-15(7-13)11-18/h3-5,13-15H,6-12H2,1-2H3. The highest BCUT2D eigenvalue weighted by molar-refractivity contribution is 5.83. The van der Waals surface area contributed by atoms with Crippen LogP contribution in [0.4, 0.5) is 0 Å². The lowest BCUT2D eigenvalue weighted by molar-refractivity contribution is -0.156. The molecule has 4 aliphatic carbocycles. The van der Waals surface area contributed by atoms with Crippen molar-refractivity contribution in [3.05, 3.63) is 24.0 Å². The van der Waals surface area contributed by atoms with Gasteiger partial charge in [-0.1, -0.05) is 0 Å². The van der Waals surface area contributed by atoms with E-state index in [2.05, 4.69) is 29.9 Å². The minimum Gasteiger partial charge on any atom is -0.353 e. The summed E-state index contributed by atoms with van der Waals surface area (Å²) >= 11 is 0. The first-order chi connectivity index (χ1) is 10.1. The highest BCUT2D eigenvalue weighted by atomic mass is 16.2. The molecule has 21 heavy (non-hydrogen) atoms. The highest BCUT2D eigenvalue weighted by Crippen LogP contribution is 2.60. The van der Waals surface area contributed by atoms with Crippen molar-refractivity contribution in [3.8, 4) is 0 Å². The third-order valence-corrected chi connectivity index (χ3v) is 6.29. The molecular weight excluding hydrogens is 260 g/mol. The topological polar surface area (TPSA) is 25.2 Å². The van der Waals surface area contributed by atoms with E-state index in [1.807, 2.05) is 11.9 Å². The van der Waals surface area contributed by atoms with Crippen LogP contribution in [-0.4, -0.2) is 22.4 Å². The molecule has 0 unspecified atom stereocenters. The number of aromatic nitrogens is 1. The summed E-state index contributed by atoms with van der Waals surface area (Å²) < 4.78 is 2.11. The molecule has 0 spiro atoms. The average Bonchev–Trinajstić information content (AvgIpc) is 2.82. The summed E-state index contributed by atoms with van der Waals surface area (Å²) in [5.41, 5.74) is 1.21. The Bertz CT molecular complexity index is 524. The minimum absolute atomic E-state index is 0.00529. The lowest BCUT2D eigenvalue weighted by Crippen LogP contribution is -2.53. The van der Waals surface area contributed by atoms with Gasteiger partial charge in [-0.15, -0.1) is 0 Å². The molecule has 0 radical (unpaired) electrons. The zero-order chi connectivity index (χ0) is 14.6. The van der Waals surface area contributed by atoms with Crippen LogP contribution in [0.2, 0.25) is 0 Å². The van der Waals surface area contributed by atoms with Gasteiger partial charge in [-0.3, -0.25) is 4.79 Å². The molecule has 0 saturated heterocycles. The number of aryl methyl sites for hydroxylation is 1. The fraction of sp³-hybridized carbons (Fsp3) is 0.722. The molecule has 4 fully saturated rings. The largest absolute Gasteiger partial charge is 0.353 e. The van der Waals surface area contributed by atoms with Crippen molar-refractivity contribution < 1.29 is 4.79 Å². The van der Waals surface area contributed by atoms with Gasteiger partial charge >= 0.3 is 0 Å². The van der Waals surface area contributed by atoms with E-state index < -0.39 is 0 Å². The number of carbonyl (C=O) groups is 1. The number of carbonyl (C=O) groups excluding carboxylic acids is 1. The Balaban J connectivity index is 1.53. The van der Waals surface area contributed by atoms with Crippen molar-refractivity contribution in [2.45, 2.75) is 45.1 Å². The summed E-state index contributed by atoms with van der Waals surface area (Å²) in [6.07, 6.45) is 9.73. The fourth-order valence-corrected chi connectivity index (χ4v) is 5.75. The highest BCUT2D eigenvalue weighted by Gasteiger charge is 2.55. The molecule has 0 N–H and O–H groups in total. The third-order valence-electron chi connectivity index (χ3n) is 6.29. The number of hydrogen-bond donors (Lipinski definition) is 0. The number of hydrogen-bond acceptors (Lipinski definition) is 1. The van der Waals surface area contributed by atoms with Gasteiger partial charge in [-0.25, -0.2) is 0 Å². The Hall–Kier alpha value is -1.25. The second kappa shape index (κ2) is 4.62. The molecule has 4 aliphatic rings. The maximum atomic E-state index is 13.2. The zero-order valence-corrected chi connectivity index (χ0v) is 13.2. The van der Waals surface area contributed by atoms with Crippen LogP contribution in [0.3, 0.4) is 0 Å². The lowest BCUT2D eigenvalue weighted by Gasteiger charge is -2.56. The predicted molar refractivity (Wildman–Crippen MR) is 82.5 cm³/mol. The van der Waals surface area contributed by atoms with Crippen LogP contribution in [-0.2, 0) is 18.4 Å². The van der Waals surface area contributed by atoms with Crippen molar-refractivity contribution >= 4 is 5.91 Å². The summed E-state index contributed by atoms with van der Waals surface area (Å²) in [6.45, 7) is 0.740. The lowest BCUT2D eigenvalue weighted by atomic mass is 9.49. The maximum absolute atomic E-state index is 13.2. The predicted octanol–water partition coefficient (Wildman–Crippen LogP) is 3.20. The first-order valence-electron chi connectivity index (χ1n) is 8.41. The monoisotopic (exact) mass is 286 g/mol. The van der Waals surface area contributed by atoms with Crippen molar-refractivity contribution in [1.29, 1.82) is 0 Å². The summed E-state index contributed by atoms with van der Waals surface area (Å²) in [4.78, 5) is 15.1. The van der Waals surface area contributed by atoms with Crippen molar-refractivity contribution in [2.75, 3.05) is 7.05 Å². The first kappa shape index (κ1) is 13.4. The van der Waals surface area contributed by atoms with Crippen LogP contribution in [0.15, 0.2) is 18.3 Å². The summed E-state index contributed by atoms with van der Waals surface area (Å²) in [7, 11) is 4.05. The normalized spacial score (nSPS) is 37.0. The molecule has 5 rings (SSSR count). The van der Waals surface area contributed by atoms with Gasteiger partial charge in [0.1, 0.15) is 0 Å². The Kier molecular flexibility index (Phi) is 2.95. The van der Waals surface area contributed by atoms with E-state index in [1.165, 1.54) is 25.0 Å². The van der Waals surface area contributed by atoms with Gasteiger partial charge in [0.25, 0.3) is 0 Å². The van der Waals surface area contributed by atoms with E-state index in [0.717, 1.165) is 43.6 Å². The summed E-state index contributed by atoms with van der Waals surface area (Å²) in [5.74, 6) is 2.93. The van der Waals surface area contributed by atoms with Gasteiger partial charge in [-0.05, 0) is 68.4 Å². The molecular formula is C18H26N2O. The fourth-order valence-electron chi connectivity index (χ4n) is 5.75. The second-order valence-electron chi connectivity index (χ2n) is 7.97. The molecule has 1 aromatic heterocycles. The average molecular weight is 286 g/mol. The molecule has 0 atom stereocenters. The number of amides is 1. The summed E-state index contributed by atoms with van der Waals surface area (Å²) in [6, 6.07) is 4.17. The van der Waals surface area contributed by atoms with E-state index in [4.69, 9.17) is 0 Å². The van der Waals surface area contributed by atoms with Crippen LogP contribution < -0.4 is 0 Å². The van der Waals surface area contributed by atoms with E-state index in [1.54, 1.807) is 0 Å². The molecule has 3 nitrogen and oxygen atoms in total. The molecule has 1 amide bonds. The van der Waals surface area contributed by atoms with Gasteiger partial charge in [0.05, 0.1) is 12.0 Å². The molecule has 4 bridgehead atoms. The molecule has 0 aromatic carbocycles. The SMILES string of the molecule is CN(Cc1cccn1C)C(=O)C12CC3CC(CC(C3)C1)C2. The molecule has 114 valence electrons. The van der Waals surface area contributed by atoms with E-state index in [-0.39, 0.29) is 5.41 Å². The third kappa shape index (κ3) is 2.13. The van der Waals surface area contributed by atoms with Crippen LogP contribution in [0.5, 0.6) is 0 Å². The smallest absolute Gasteiger partial charge is 0.228 e. The van der Waals surface area contributed by atoms with Crippen molar-refractivity contribution in [2.24, 2.45) is 30.2 Å². The Morgan fingerprint density at radius 2 is 1.81 bits per heavy atom. The zero-order valence-electron chi connectivity index (χ0n) is 13.2. The minimum atomic E-state index is -0.00529. The van der Waals surface area contributed by atoms with Crippen LogP contribution in [0.1, 0.15) is 44.2 Å². The Labute approximate surface area is 127 Å². The number of nitrogens with zero attached hydrogens (tertiary/aromatic N) is 2. The van der Waals surface area contributed by atoms with Gasteiger partial charge < -0.3 is 9.47 Å². The Morgan fingerprint density at radius 3 is 2.29 bits per heavy atom. The van der Waals surface area contributed by atoms with Crippen molar-refractivity contribution in [3.63, 3.8) is 0 Å². The quantitative estimate of drug-likeness (QED) is 0.837. The molecule has 1 heterocycles. The molecule has 4 saturated carbocycles. The van der Waals surface area contributed by atoms with Crippen LogP contribution >= 0.6 is 0 Å². The molecule has 3 heteroatoms. The molecule has 0 aliphatic heterocycles. The van der Waals surface area contributed by atoms with Gasteiger partial charge in [-0.2, -0.15) is 0 Å². The van der Waals surface area contributed by atoms with Crippen LogP contribution in [0, 0.1) is 23.2 Å². The summed E-state index contributed by atoms with van der Waals surface area (Å²) in [5, 5.41) is 0. The Morgan fingerprint density at radius 1 is 1.24 bits per heavy atom. The van der Waals surface area contributed by atoms with Gasteiger partial charge in [0, 0.05) is 26.0 Å². The van der Waals surface area contributed by atoms with Crippen LogP contribution in [0.25, 0.3) is 0 Å². The second-order valence-corrected chi connectivity index (χ2v) is 7.97. The van der Waals surface area contributed by atoms with Gasteiger partial charge in [0.2, 0.25) is 5.91 Å². The van der Waals surface area contributed by atoms with Crippen molar-refractivity contribution in [1.82, 2.24) is 9.47 Å². The van der Waals surface area contributed by atoms with Gasteiger partial charge in [0.15, 0.2) is 0 Å². The number of rotatable bonds is 3. The van der Waals surface area contributed by atoms with E-state index in [9.17, 15) is 4.79 Å². The van der Waals surface area contributed by atoms with E-state index in [0.29, 0.717) is 5.91 Å². The first-order valence-corrected chi connectivity index (χ1v) is 8.41. The van der Waals surface area contributed by atoms with E-state index >= 15 is 0 Å². The maximum Gasteiger partial charge on any atom is 0.228 e.